The summed E-state index contributed by atoms with van der Waals surface area (Å²) in [6.07, 6.45) is 8.05. The van der Waals surface area contributed by atoms with Gasteiger partial charge in [0.1, 0.15) is 0 Å². The zero-order chi connectivity index (χ0) is 7.56. The first-order chi connectivity index (χ1) is 4.74. The van der Waals surface area contributed by atoms with E-state index in [0.29, 0.717) is 5.92 Å². The summed E-state index contributed by atoms with van der Waals surface area (Å²) in [7, 11) is 0. The molecule has 56 valence electrons. The molecule has 0 radical (unpaired) electrons. The molecule has 1 unspecified atom stereocenters. The Hall–Kier alpha value is -0.520. The minimum absolute atomic E-state index is 0.698. The van der Waals surface area contributed by atoms with Crippen LogP contribution >= 0.6 is 0 Å². The van der Waals surface area contributed by atoms with E-state index in [4.69, 9.17) is 0 Å². The molecule has 0 aromatic carbocycles. The summed E-state index contributed by atoms with van der Waals surface area (Å²) < 4.78 is 0. The van der Waals surface area contributed by atoms with Crippen molar-refractivity contribution in [3.63, 3.8) is 0 Å². The van der Waals surface area contributed by atoms with E-state index in [1.165, 1.54) is 17.6 Å². The van der Waals surface area contributed by atoms with E-state index in [-0.39, 0.29) is 0 Å². The third-order valence-corrected chi connectivity index (χ3v) is 2.14. The van der Waals surface area contributed by atoms with Crippen molar-refractivity contribution in [3.05, 3.63) is 29.7 Å². The molecule has 0 nitrogen and oxygen atoms in total. The first-order valence-electron chi connectivity index (χ1n) is 3.88. The maximum Gasteiger partial charge on any atom is -0.0401 e. The molecular weight excluding hydrogens is 120 g/mol. The monoisotopic (exact) mass is 135 g/mol. The van der Waals surface area contributed by atoms with Gasteiger partial charge >= 0.3 is 0 Å². The molecule has 0 saturated heterocycles. The summed E-state index contributed by atoms with van der Waals surface area (Å²) in [4.78, 5) is 0. The Morgan fingerprint density at radius 2 is 2.20 bits per heavy atom. The minimum Gasteiger partial charge on any atom is -0.324 e. The fourth-order valence-corrected chi connectivity index (χ4v) is 1.42. The predicted octanol–water partition coefficient (Wildman–Crippen LogP) is 3.12. The van der Waals surface area contributed by atoms with Gasteiger partial charge in [-0.3, -0.25) is 0 Å². The van der Waals surface area contributed by atoms with Crippen LogP contribution in [0.3, 0.4) is 0 Å². The second-order valence-electron chi connectivity index (χ2n) is 3.01. The van der Waals surface area contributed by atoms with Crippen LogP contribution in [0.1, 0.15) is 27.2 Å². The molecule has 0 heterocycles. The van der Waals surface area contributed by atoms with Gasteiger partial charge in [0.25, 0.3) is 0 Å². The van der Waals surface area contributed by atoms with Crippen molar-refractivity contribution in [3.8, 4) is 0 Å². The highest BCUT2D eigenvalue weighted by molar-refractivity contribution is 5.28. The molecule has 0 heteroatoms. The van der Waals surface area contributed by atoms with E-state index < -0.39 is 0 Å². The Labute approximate surface area is 63.6 Å². The van der Waals surface area contributed by atoms with Crippen LogP contribution in [0.2, 0.25) is 0 Å². The summed E-state index contributed by atoms with van der Waals surface area (Å²) in [5, 5.41) is 0. The molecule has 0 aromatic heterocycles. The molecule has 1 aliphatic rings. The van der Waals surface area contributed by atoms with Crippen molar-refractivity contribution in [1.29, 1.82) is 0 Å². The molecule has 1 atom stereocenters. The number of rotatable bonds is 1. The molecule has 1 aliphatic carbocycles. The largest absolute Gasteiger partial charge is 0.324 e. The molecule has 0 saturated carbocycles. The summed E-state index contributed by atoms with van der Waals surface area (Å²) >= 11 is 0. The van der Waals surface area contributed by atoms with Crippen LogP contribution in [0.25, 0.3) is 0 Å². The van der Waals surface area contributed by atoms with Gasteiger partial charge < -0.3 is 6.42 Å². The van der Waals surface area contributed by atoms with Gasteiger partial charge in [-0.2, -0.15) is 6.92 Å². The average Bonchev–Trinajstić information content (AvgIpc) is 1.88. The standard InChI is InChI=1S/C10H15/c1-4-10-6-5-8(2)7-9(10)3/h4-5,7,10H,6H2,1-3H3/q-1. The van der Waals surface area contributed by atoms with Crippen molar-refractivity contribution in [2.75, 3.05) is 0 Å². The van der Waals surface area contributed by atoms with Crippen molar-refractivity contribution in [2.45, 2.75) is 27.2 Å². The van der Waals surface area contributed by atoms with Gasteiger partial charge in [-0.1, -0.05) is 29.7 Å². The SMILES string of the molecule is C[CH-]C1CC=C(C)C=C1C. The molecule has 0 fully saturated rings. The van der Waals surface area contributed by atoms with Crippen molar-refractivity contribution < 1.29 is 0 Å². The summed E-state index contributed by atoms with van der Waals surface area (Å²) in [6, 6.07) is 0. The maximum absolute atomic E-state index is 2.30. The van der Waals surface area contributed by atoms with E-state index in [0.717, 1.165) is 0 Å². The highest BCUT2D eigenvalue weighted by Gasteiger charge is 2.02. The Morgan fingerprint density at radius 1 is 1.50 bits per heavy atom. The molecule has 0 aromatic rings. The van der Waals surface area contributed by atoms with Crippen LogP contribution in [0, 0.1) is 12.3 Å². The third kappa shape index (κ3) is 1.50. The smallest absolute Gasteiger partial charge is 0.0401 e. The third-order valence-electron chi connectivity index (χ3n) is 2.14. The maximum atomic E-state index is 2.30. The first kappa shape index (κ1) is 7.59. The number of hydrogen-bond donors (Lipinski definition) is 0. The van der Waals surface area contributed by atoms with Gasteiger partial charge in [0.15, 0.2) is 0 Å². The Kier molecular flexibility index (Phi) is 2.31. The Bertz CT molecular complexity index is 172. The van der Waals surface area contributed by atoms with Gasteiger partial charge in [-0.15, -0.1) is 5.92 Å². The van der Waals surface area contributed by atoms with E-state index in [1.54, 1.807) is 0 Å². The lowest BCUT2D eigenvalue weighted by atomic mass is 9.88. The van der Waals surface area contributed by atoms with Gasteiger partial charge in [-0.25, -0.2) is 0 Å². The molecule has 0 bridgehead atoms. The van der Waals surface area contributed by atoms with E-state index in [1.807, 2.05) is 0 Å². The Morgan fingerprint density at radius 3 is 2.70 bits per heavy atom. The quantitative estimate of drug-likeness (QED) is 0.484. The lowest BCUT2D eigenvalue weighted by Crippen LogP contribution is -2.03. The molecule has 1 rings (SSSR count). The number of hydrogen-bond acceptors (Lipinski definition) is 0. The molecule has 0 amide bonds. The normalized spacial score (nSPS) is 25.7. The van der Waals surface area contributed by atoms with Crippen molar-refractivity contribution in [1.82, 2.24) is 0 Å². The molecule has 0 N–H and O–H groups in total. The first-order valence-corrected chi connectivity index (χ1v) is 3.88. The summed E-state index contributed by atoms with van der Waals surface area (Å²) in [5.74, 6) is 0.698. The summed E-state index contributed by atoms with van der Waals surface area (Å²) in [5.41, 5.74) is 2.91. The van der Waals surface area contributed by atoms with Gasteiger partial charge in [0.2, 0.25) is 0 Å². The highest BCUT2D eigenvalue weighted by atomic mass is 14.1. The lowest BCUT2D eigenvalue weighted by Gasteiger charge is -2.26. The molecule has 0 aliphatic heterocycles. The fraction of sp³-hybridized carbons (Fsp3) is 0.500. The van der Waals surface area contributed by atoms with Crippen LogP contribution in [0.4, 0.5) is 0 Å². The van der Waals surface area contributed by atoms with Crippen LogP contribution < -0.4 is 0 Å². The van der Waals surface area contributed by atoms with Crippen LogP contribution in [-0.4, -0.2) is 0 Å². The summed E-state index contributed by atoms with van der Waals surface area (Å²) in [6.45, 7) is 6.51. The van der Waals surface area contributed by atoms with E-state index in [9.17, 15) is 0 Å². The van der Waals surface area contributed by atoms with Crippen molar-refractivity contribution >= 4 is 0 Å². The van der Waals surface area contributed by atoms with Crippen LogP contribution in [-0.2, 0) is 0 Å². The second kappa shape index (κ2) is 3.05. The van der Waals surface area contributed by atoms with E-state index >= 15 is 0 Å². The number of allylic oxidation sites excluding steroid dienone is 4. The van der Waals surface area contributed by atoms with Crippen LogP contribution in [0.5, 0.6) is 0 Å². The minimum atomic E-state index is 0.698. The zero-order valence-corrected chi connectivity index (χ0v) is 7.02. The van der Waals surface area contributed by atoms with Gasteiger partial charge in [0.05, 0.1) is 0 Å². The highest BCUT2D eigenvalue weighted by Crippen LogP contribution is 2.24. The van der Waals surface area contributed by atoms with Crippen LogP contribution in [0.15, 0.2) is 23.3 Å². The second-order valence-corrected chi connectivity index (χ2v) is 3.01. The predicted molar refractivity (Wildman–Crippen MR) is 45.6 cm³/mol. The van der Waals surface area contributed by atoms with E-state index in [2.05, 4.69) is 39.3 Å². The zero-order valence-electron chi connectivity index (χ0n) is 7.02. The Balaban J connectivity index is 2.68. The van der Waals surface area contributed by atoms with Crippen molar-refractivity contribution in [2.24, 2.45) is 5.92 Å². The fourth-order valence-electron chi connectivity index (χ4n) is 1.42. The molecular formula is C10H15-. The lowest BCUT2D eigenvalue weighted by molar-refractivity contribution is 0.704. The van der Waals surface area contributed by atoms with Gasteiger partial charge in [0, 0.05) is 0 Å². The van der Waals surface area contributed by atoms with Gasteiger partial charge in [-0.05, 0) is 13.8 Å². The average molecular weight is 135 g/mol. The topological polar surface area (TPSA) is 0 Å². The molecule has 0 spiro atoms. The molecule has 10 heavy (non-hydrogen) atoms.